The van der Waals surface area contributed by atoms with Crippen LogP contribution in [0.4, 0.5) is 0 Å². The minimum absolute atomic E-state index is 0.00475. The molecule has 0 aromatic carbocycles. The van der Waals surface area contributed by atoms with Crippen LogP contribution in [0.5, 0.6) is 0 Å². The number of hydrogen-bond donors (Lipinski definition) is 1. The number of carbonyl (C=O) groups excluding carboxylic acids is 1. The van der Waals surface area contributed by atoms with Crippen molar-refractivity contribution in [1.29, 1.82) is 0 Å². The maximum Gasteiger partial charge on any atom is 0.334 e. The van der Waals surface area contributed by atoms with Crippen LogP contribution in [-0.2, 0) is 21.5 Å². The zero-order valence-electron chi connectivity index (χ0n) is 13.8. The summed E-state index contributed by atoms with van der Waals surface area (Å²) < 4.78 is 4.61. The summed E-state index contributed by atoms with van der Waals surface area (Å²) in [5.74, 6) is -0.515. The second kappa shape index (κ2) is 7.06. The van der Waals surface area contributed by atoms with E-state index in [1.807, 2.05) is 0 Å². The molecule has 6 heteroatoms. The van der Waals surface area contributed by atoms with E-state index in [9.17, 15) is 9.90 Å². The zero-order chi connectivity index (χ0) is 16.3. The van der Waals surface area contributed by atoms with Gasteiger partial charge in [-0.3, -0.25) is 4.90 Å². The number of hydrogen-bond acceptors (Lipinski definition) is 6. The van der Waals surface area contributed by atoms with E-state index in [1.54, 1.807) is 11.3 Å². The molecule has 2 rings (SSSR count). The van der Waals surface area contributed by atoms with E-state index in [0.717, 1.165) is 43.2 Å². The van der Waals surface area contributed by atoms with Crippen molar-refractivity contribution >= 4 is 17.3 Å². The number of thiazole rings is 1. The Morgan fingerprint density at radius 2 is 2.14 bits per heavy atom. The molecule has 0 amide bonds. The van der Waals surface area contributed by atoms with Gasteiger partial charge in [-0.15, -0.1) is 11.3 Å². The van der Waals surface area contributed by atoms with Gasteiger partial charge in [-0.2, -0.15) is 0 Å². The zero-order valence-corrected chi connectivity index (χ0v) is 14.7. The highest BCUT2D eigenvalue weighted by Gasteiger charge is 2.30. The minimum atomic E-state index is -0.987. The lowest BCUT2D eigenvalue weighted by Crippen LogP contribution is -2.40. The van der Waals surface area contributed by atoms with Crippen LogP contribution in [0.1, 0.15) is 44.3 Å². The second-order valence-electron chi connectivity index (χ2n) is 6.96. The second-order valence-corrected chi connectivity index (χ2v) is 7.90. The molecule has 0 radical (unpaired) electrons. The molecule has 1 N–H and O–H groups in total. The van der Waals surface area contributed by atoms with Gasteiger partial charge in [0, 0.05) is 10.8 Å². The Kier molecular flexibility index (Phi) is 5.58. The number of nitrogens with zero attached hydrogens (tertiary/aromatic N) is 2. The average Bonchev–Trinajstić information content (AvgIpc) is 2.95. The van der Waals surface area contributed by atoms with Gasteiger partial charge in [0.1, 0.15) is 5.01 Å². The lowest BCUT2D eigenvalue weighted by molar-refractivity contribution is -0.154. The number of methoxy groups -OCH3 is 1. The predicted molar refractivity (Wildman–Crippen MR) is 86.8 cm³/mol. The van der Waals surface area contributed by atoms with Crippen molar-refractivity contribution in [3.05, 3.63) is 16.1 Å². The SMILES string of the molecule is COC(=O)[C@@H](O)C1CCN(Cc2nc(C(C)(C)C)cs2)CC1. The van der Waals surface area contributed by atoms with E-state index >= 15 is 0 Å². The largest absolute Gasteiger partial charge is 0.467 e. The third-order valence-electron chi connectivity index (χ3n) is 4.20. The van der Waals surface area contributed by atoms with Crippen LogP contribution in [0.25, 0.3) is 0 Å². The molecule has 5 nitrogen and oxygen atoms in total. The molecule has 1 atom stereocenters. The standard InChI is InChI=1S/C16H26N2O3S/c1-16(2,3)12-10-22-13(17-12)9-18-7-5-11(6-8-18)14(19)15(20)21-4/h10-11,14,19H,5-9H2,1-4H3/t14-/m0/s1. The molecule has 1 fully saturated rings. The summed E-state index contributed by atoms with van der Waals surface area (Å²) in [6, 6.07) is 0. The van der Waals surface area contributed by atoms with E-state index in [4.69, 9.17) is 4.98 Å². The van der Waals surface area contributed by atoms with Gasteiger partial charge in [-0.1, -0.05) is 20.8 Å². The maximum atomic E-state index is 11.4. The summed E-state index contributed by atoms with van der Waals surface area (Å²) in [6.07, 6.45) is 0.640. The lowest BCUT2D eigenvalue weighted by Gasteiger charge is -2.32. The number of likely N-dealkylation sites (tertiary alicyclic amines) is 1. The number of piperidine rings is 1. The van der Waals surface area contributed by atoms with Crippen molar-refractivity contribution in [3.8, 4) is 0 Å². The smallest absolute Gasteiger partial charge is 0.334 e. The number of rotatable bonds is 4. The first-order chi connectivity index (χ1) is 10.3. The predicted octanol–water partition coefficient (Wildman–Crippen LogP) is 2.19. The number of esters is 1. The summed E-state index contributed by atoms with van der Waals surface area (Å²) in [5.41, 5.74) is 1.23. The van der Waals surface area contributed by atoms with E-state index in [0.29, 0.717) is 0 Å². The number of aliphatic hydroxyl groups is 1. The fourth-order valence-corrected chi connectivity index (χ4v) is 3.72. The van der Waals surface area contributed by atoms with Gasteiger partial charge in [-0.25, -0.2) is 9.78 Å². The first-order valence-electron chi connectivity index (χ1n) is 7.74. The fourth-order valence-electron chi connectivity index (χ4n) is 2.66. The number of ether oxygens (including phenoxy) is 1. The summed E-state index contributed by atoms with van der Waals surface area (Å²) in [7, 11) is 1.32. The number of aliphatic hydroxyl groups excluding tert-OH is 1. The molecular formula is C16H26N2O3S. The monoisotopic (exact) mass is 326 g/mol. The molecule has 1 aliphatic rings. The molecule has 0 saturated carbocycles. The quantitative estimate of drug-likeness (QED) is 0.859. The van der Waals surface area contributed by atoms with Crippen LogP contribution in [0.15, 0.2) is 5.38 Å². The van der Waals surface area contributed by atoms with Crippen molar-refractivity contribution in [2.45, 2.75) is 51.7 Å². The molecule has 0 bridgehead atoms. The summed E-state index contributed by atoms with van der Waals surface area (Å²) >= 11 is 1.71. The summed E-state index contributed by atoms with van der Waals surface area (Å²) in [5, 5.41) is 13.2. The Morgan fingerprint density at radius 3 is 2.64 bits per heavy atom. The molecule has 0 spiro atoms. The van der Waals surface area contributed by atoms with Gasteiger partial charge in [0.2, 0.25) is 0 Å². The highest BCUT2D eigenvalue weighted by molar-refractivity contribution is 7.09. The third kappa shape index (κ3) is 4.27. The van der Waals surface area contributed by atoms with Gasteiger partial charge in [-0.05, 0) is 31.8 Å². The fraction of sp³-hybridized carbons (Fsp3) is 0.750. The average molecular weight is 326 g/mol. The van der Waals surface area contributed by atoms with Crippen LogP contribution < -0.4 is 0 Å². The number of carbonyl (C=O) groups is 1. The molecule has 124 valence electrons. The minimum Gasteiger partial charge on any atom is -0.467 e. The highest BCUT2D eigenvalue weighted by atomic mass is 32.1. The van der Waals surface area contributed by atoms with Gasteiger partial charge >= 0.3 is 5.97 Å². The summed E-state index contributed by atoms with van der Waals surface area (Å²) in [4.78, 5) is 18.4. The van der Waals surface area contributed by atoms with Crippen molar-refractivity contribution in [2.75, 3.05) is 20.2 Å². The molecule has 22 heavy (non-hydrogen) atoms. The molecule has 1 aliphatic heterocycles. The van der Waals surface area contributed by atoms with Gasteiger partial charge in [0.25, 0.3) is 0 Å². The first-order valence-corrected chi connectivity index (χ1v) is 8.62. The van der Waals surface area contributed by atoms with Crippen LogP contribution in [0.3, 0.4) is 0 Å². The Bertz CT molecular complexity index is 502. The summed E-state index contributed by atoms with van der Waals surface area (Å²) in [6.45, 7) is 9.12. The third-order valence-corrected chi connectivity index (χ3v) is 5.03. The van der Waals surface area contributed by atoms with Crippen molar-refractivity contribution in [1.82, 2.24) is 9.88 Å². The molecule has 1 aromatic heterocycles. The van der Waals surface area contributed by atoms with E-state index in [1.165, 1.54) is 7.11 Å². The topological polar surface area (TPSA) is 62.7 Å². The first kappa shape index (κ1) is 17.4. The van der Waals surface area contributed by atoms with Crippen LogP contribution in [0, 0.1) is 5.92 Å². The molecule has 2 heterocycles. The Labute approximate surface area is 136 Å². The van der Waals surface area contributed by atoms with E-state index in [2.05, 4.69) is 35.8 Å². The van der Waals surface area contributed by atoms with Crippen molar-refractivity contribution in [2.24, 2.45) is 5.92 Å². The normalized spacial score (nSPS) is 19.1. The van der Waals surface area contributed by atoms with Gasteiger partial charge in [0.15, 0.2) is 6.10 Å². The Hall–Kier alpha value is -0.980. The van der Waals surface area contributed by atoms with Crippen LogP contribution in [0.2, 0.25) is 0 Å². The molecular weight excluding hydrogens is 300 g/mol. The molecule has 0 aliphatic carbocycles. The highest BCUT2D eigenvalue weighted by Crippen LogP contribution is 2.26. The Morgan fingerprint density at radius 1 is 1.50 bits per heavy atom. The van der Waals surface area contributed by atoms with E-state index in [-0.39, 0.29) is 11.3 Å². The van der Waals surface area contributed by atoms with Crippen LogP contribution in [-0.4, -0.2) is 47.3 Å². The Balaban J connectivity index is 1.85. The lowest BCUT2D eigenvalue weighted by atomic mass is 9.91. The van der Waals surface area contributed by atoms with Gasteiger partial charge in [0.05, 0.1) is 19.3 Å². The van der Waals surface area contributed by atoms with Gasteiger partial charge < -0.3 is 9.84 Å². The van der Waals surface area contributed by atoms with E-state index < -0.39 is 12.1 Å². The van der Waals surface area contributed by atoms with Crippen LogP contribution >= 0.6 is 11.3 Å². The molecule has 0 unspecified atom stereocenters. The van der Waals surface area contributed by atoms with Crippen molar-refractivity contribution < 1.29 is 14.6 Å². The molecule has 1 aromatic rings. The number of aromatic nitrogens is 1. The maximum absolute atomic E-state index is 11.4. The molecule has 1 saturated heterocycles. The van der Waals surface area contributed by atoms with Crippen molar-refractivity contribution in [3.63, 3.8) is 0 Å².